The SMILES string of the molecule is CCCCCCCC(CCC)C(CCC)CCCCCCC.[Cu]. The first kappa shape index (κ1) is 25.8. The predicted octanol–water partition coefficient (Wildman–Crippen LogP) is 8.54. The quantitative estimate of drug-likeness (QED) is 0.177. The smallest absolute Gasteiger partial charge is 0 e. The average Bonchev–Trinajstić information content (AvgIpc) is 2.52. The van der Waals surface area contributed by atoms with Crippen LogP contribution >= 0.6 is 0 Å². The van der Waals surface area contributed by atoms with Gasteiger partial charge in [0.25, 0.3) is 0 Å². The maximum Gasteiger partial charge on any atom is 0 e. The summed E-state index contributed by atoms with van der Waals surface area (Å²) in [4.78, 5) is 0. The van der Waals surface area contributed by atoms with Gasteiger partial charge in [0.15, 0.2) is 0 Å². The van der Waals surface area contributed by atoms with Crippen LogP contribution in [0.4, 0.5) is 0 Å². The van der Waals surface area contributed by atoms with Crippen LogP contribution < -0.4 is 0 Å². The van der Waals surface area contributed by atoms with E-state index in [9.17, 15) is 0 Å². The van der Waals surface area contributed by atoms with Crippen molar-refractivity contribution in [1.29, 1.82) is 0 Å². The second-order valence-electron chi connectivity index (χ2n) is 7.50. The zero-order valence-electron chi connectivity index (χ0n) is 16.8. The van der Waals surface area contributed by atoms with Crippen LogP contribution in [0.3, 0.4) is 0 Å². The summed E-state index contributed by atoms with van der Waals surface area (Å²) < 4.78 is 0. The molecule has 1 radical (unpaired) electrons. The van der Waals surface area contributed by atoms with E-state index in [1.54, 1.807) is 0 Å². The minimum absolute atomic E-state index is 0. The Kier molecular flexibility index (Phi) is 23.0. The van der Waals surface area contributed by atoms with Crippen molar-refractivity contribution >= 4 is 0 Å². The average molecular weight is 374 g/mol. The zero-order valence-corrected chi connectivity index (χ0v) is 17.7. The maximum absolute atomic E-state index is 2.38. The third kappa shape index (κ3) is 15.8. The van der Waals surface area contributed by atoms with Gasteiger partial charge in [-0.25, -0.2) is 0 Å². The summed E-state index contributed by atoms with van der Waals surface area (Å²) in [7, 11) is 0. The van der Waals surface area contributed by atoms with Gasteiger partial charge in [-0.15, -0.1) is 0 Å². The summed E-state index contributed by atoms with van der Waals surface area (Å²) in [5, 5.41) is 0. The first-order chi connectivity index (χ1) is 10.8. The fourth-order valence-electron chi connectivity index (χ4n) is 3.99. The summed E-state index contributed by atoms with van der Waals surface area (Å²) in [6.45, 7) is 9.40. The van der Waals surface area contributed by atoms with Crippen molar-refractivity contribution in [2.24, 2.45) is 11.8 Å². The fourth-order valence-corrected chi connectivity index (χ4v) is 3.99. The minimum atomic E-state index is 0. The van der Waals surface area contributed by atoms with Crippen LogP contribution in [0.15, 0.2) is 0 Å². The Morgan fingerprint density at radius 1 is 0.391 bits per heavy atom. The molecule has 0 spiro atoms. The molecule has 0 aromatic heterocycles. The van der Waals surface area contributed by atoms with Crippen LogP contribution in [-0.4, -0.2) is 0 Å². The Hall–Kier alpha value is 0.519. The van der Waals surface area contributed by atoms with Gasteiger partial charge in [0.2, 0.25) is 0 Å². The van der Waals surface area contributed by atoms with Gasteiger partial charge >= 0.3 is 0 Å². The van der Waals surface area contributed by atoms with Gasteiger partial charge in [-0.2, -0.15) is 0 Å². The largest absolute Gasteiger partial charge is 0.0654 e. The van der Waals surface area contributed by atoms with E-state index in [4.69, 9.17) is 0 Å². The molecule has 2 atom stereocenters. The van der Waals surface area contributed by atoms with Gasteiger partial charge in [-0.1, -0.05) is 130 Å². The molecule has 0 rings (SSSR count). The molecule has 1 heteroatoms. The van der Waals surface area contributed by atoms with Crippen molar-refractivity contribution in [3.8, 4) is 0 Å². The summed E-state index contributed by atoms with van der Waals surface area (Å²) in [5.74, 6) is 2.05. The number of hydrogen-bond donors (Lipinski definition) is 0. The van der Waals surface area contributed by atoms with Gasteiger partial charge in [0.1, 0.15) is 0 Å². The van der Waals surface area contributed by atoms with Crippen molar-refractivity contribution < 1.29 is 17.1 Å². The molecule has 0 saturated carbocycles. The van der Waals surface area contributed by atoms with Gasteiger partial charge in [0.05, 0.1) is 0 Å². The molecule has 0 bridgehead atoms. The molecule has 0 aromatic rings. The second kappa shape index (κ2) is 20.6. The minimum Gasteiger partial charge on any atom is -0.0654 e. The van der Waals surface area contributed by atoms with Crippen molar-refractivity contribution in [3.63, 3.8) is 0 Å². The molecule has 0 fully saturated rings. The normalized spacial score (nSPS) is 13.6. The Morgan fingerprint density at radius 2 is 0.739 bits per heavy atom. The van der Waals surface area contributed by atoms with E-state index >= 15 is 0 Å². The van der Waals surface area contributed by atoms with E-state index in [1.807, 2.05) is 0 Å². The topological polar surface area (TPSA) is 0 Å². The molecule has 145 valence electrons. The van der Waals surface area contributed by atoms with Gasteiger partial charge in [-0.3, -0.25) is 0 Å². The molecule has 23 heavy (non-hydrogen) atoms. The molecular formula is C22H46Cu. The van der Waals surface area contributed by atoms with Crippen molar-refractivity contribution in [2.45, 2.75) is 130 Å². The first-order valence-corrected chi connectivity index (χ1v) is 10.8. The van der Waals surface area contributed by atoms with Crippen LogP contribution in [0.5, 0.6) is 0 Å². The van der Waals surface area contributed by atoms with E-state index in [0.29, 0.717) is 0 Å². The Balaban J connectivity index is 0. The van der Waals surface area contributed by atoms with Crippen molar-refractivity contribution in [3.05, 3.63) is 0 Å². The monoisotopic (exact) mass is 373 g/mol. The molecule has 0 aliphatic carbocycles. The van der Waals surface area contributed by atoms with Crippen LogP contribution in [0, 0.1) is 11.8 Å². The van der Waals surface area contributed by atoms with Crippen LogP contribution in [0.2, 0.25) is 0 Å². The number of hydrogen-bond acceptors (Lipinski definition) is 0. The summed E-state index contributed by atoms with van der Waals surface area (Å²) in [6, 6.07) is 0. The molecule has 0 amide bonds. The van der Waals surface area contributed by atoms with E-state index < -0.39 is 0 Å². The molecule has 0 aromatic carbocycles. The number of unbranched alkanes of at least 4 members (excludes halogenated alkanes) is 8. The van der Waals surface area contributed by atoms with Gasteiger partial charge < -0.3 is 0 Å². The van der Waals surface area contributed by atoms with Crippen LogP contribution in [0.1, 0.15) is 130 Å². The molecular weight excluding hydrogens is 328 g/mol. The van der Waals surface area contributed by atoms with Gasteiger partial charge in [0, 0.05) is 17.1 Å². The second-order valence-corrected chi connectivity index (χ2v) is 7.50. The maximum atomic E-state index is 2.38. The number of rotatable bonds is 17. The van der Waals surface area contributed by atoms with Crippen LogP contribution in [-0.2, 0) is 17.1 Å². The summed E-state index contributed by atoms with van der Waals surface area (Å²) >= 11 is 0. The third-order valence-electron chi connectivity index (χ3n) is 5.34. The Labute approximate surface area is 159 Å². The molecule has 2 unspecified atom stereocenters. The van der Waals surface area contributed by atoms with E-state index in [2.05, 4.69) is 27.7 Å². The molecule has 0 saturated heterocycles. The van der Waals surface area contributed by atoms with Crippen LogP contribution in [0.25, 0.3) is 0 Å². The third-order valence-corrected chi connectivity index (χ3v) is 5.34. The Morgan fingerprint density at radius 3 is 1.04 bits per heavy atom. The molecule has 0 N–H and O–H groups in total. The van der Waals surface area contributed by atoms with Gasteiger partial charge in [-0.05, 0) is 11.8 Å². The summed E-state index contributed by atoms with van der Waals surface area (Å²) in [6.07, 6.45) is 23.2. The fraction of sp³-hybridized carbons (Fsp3) is 1.00. The van der Waals surface area contributed by atoms with Crippen molar-refractivity contribution in [2.75, 3.05) is 0 Å². The molecule has 0 aliphatic rings. The van der Waals surface area contributed by atoms with E-state index in [1.165, 1.54) is 103 Å². The van der Waals surface area contributed by atoms with E-state index in [0.717, 1.165) is 11.8 Å². The standard InChI is InChI=1S/C22H46.Cu/c1-5-9-11-13-15-19-21(17-7-3)22(18-8-4)20-16-14-12-10-6-2;/h21-22H,5-20H2,1-4H3;. The van der Waals surface area contributed by atoms with Crippen molar-refractivity contribution in [1.82, 2.24) is 0 Å². The van der Waals surface area contributed by atoms with E-state index in [-0.39, 0.29) is 17.1 Å². The molecule has 0 aliphatic heterocycles. The Bertz CT molecular complexity index is 180. The first-order valence-electron chi connectivity index (χ1n) is 10.8. The molecule has 0 nitrogen and oxygen atoms in total. The summed E-state index contributed by atoms with van der Waals surface area (Å²) in [5.41, 5.74) is 0. The zero-order chi connectivity index (χ0) is 16.5. The molecule has 0 heterocycles. The predicted molar refractivity (Wildman–Crippen MR) is 104 cm³/mol.